The lowest BCUT2D eigenvalue weighted by Gasteiger charge is -2.28. The Hall–Kier alpha value is -3.89. The highest BCUT2D eigenvalue weighted by atomic mass is 16.5. The van der Waals surface area contributed by atoms with Crippen molar-refractivity contribution in [2.45, 2.75) is 25.0 Å². The maximum atomic E-state index is 13.0. The summed E-state index contributed by atoms with van der Waals surface area (Å²) in [4.78, 5) is 22.1. The van der Waals surface area contributed by atoms with Gasteiger partial charge in [0.15, 0.2) is 5.82 Å². The summed E-state index contributed by atoms with van der Waals surface area (Å²) >= 11 is 0. The van der Waals surface area contributed by atoms with Crippen molar-refractivity contribution in [1.82, 2.24) is 34.8 Å². The number of carbonyl (C=O) groups is 1. The molecular formula is C24H25N7O3. The molecule has 5 heterocycles. The number of nitrogens with one attached hydrogen (secondary N) is 1. The normalized spacial score (nSPS) is 18.1. The lowest BCUT2D eigenvalue weighted by atomic mass is 10.0. The molecule has 0 unspecified atom stereocenters. The molecule has 5 rings (SSSR count). The average molecular weight is 460 g/mol. The summed E-state index contributed by atoms with van der Waals surface area (Å²) in [5, 5.41) is 21.5. The molecule has 1 aliphatic rings. The molecule has 1 aliphatic heterocycles. The number of aliphatic hydroxyl groups excluding tert-OH is 1. The first-order valence-corrected chi connectivity index (χ1v) is 11.1. The quantitative estimate of drug-likeness (QED) is 0.449. The Labute approximate surface area is 196 Å². The fourth-order valence-electron chi connectivity index (χ4n) is 3.93. The van der Waals surface area contributed by atoms with Gasteiger partial charge >= 0.3 is 0 Å². The van der Waals surface area contributed by atoms with E-state index in [4.69, 9.17) is 4.74 Å². The summed E-state index contributed by atoms with van der Waals surface area (Å²) < 4.78 is 8.61. The van der Waals surface area contributed by atoms with Gasteiger partial charge in [0.25, 0.3) is 5.91 Å². The van der Waals surface area contributed by atoms with Crippen molar-refractivity contribution in [3.8, 4) is 17.1 Å². The number of nitrogens with zero attached hydrogens (tertiary/aromatic N) is 6. The van der Waals surface area contributed by atoms with E-state index in [1.807, 2.05) is 37.6 Å². The summed E-state index contributed by atoms with van der Waals surface area (Å²) in [6, 6.07) is 9.08. The standard InChI is InChI=1S/C24H25N7O3/c1-30-14-18(13-27-30)19-4-3-16(12-25-19)9-17-10-21(28-23(11-17)31-7-2-6-26-31)24(33)29-20-5-8-34-15-22(20)32/h2-4,6-7,10-14,20,22,32H,5,8-9,15H2,1H3,(H,29,33)/t20-,22-/m0/s1. The third-order valence-electron chi connectivity index (χ3n) is 5.72. The SMILES string of the molecule is Cn1cc(-c2ccc(Cc3cc(C(=O)N[C@H]4CCOC[C@@H]4O)nc(-n4cccn4)c3)cn2)cn1. The molecule has 10 nitrogen and oxygen atoms in total. The van der Waals surface area contributed by atoms with E-state index >= 15 is 0 Å². The third-order valence-corrected chi connectivity index (χ3v) is 5.72. The van der Waals surface area contributed by atoms with Crippen molar-refractivity contribution in [1.29, 1.82) is 0 Å². The van der Waals surface area contributed by atoms with E-state index in [1.165, 1.54) is 0 Å². The lowest BCUT2D eigenvalue weighted by molar-refractivity contribution is -0.0261. The Balaban J connectivity index is 1.40. The molecule has 0 radical (unpaired) electrons. The van der Waals surface area contributed by atoms with Crippen molar-refractivity contribution in [2.24, 2.45) is 7.05 Å². The van der Waals surface area contributed by atoms with E-state index < -0.39 is 6.10 Å². The van der Waals surface area contributed by atoms with Gasteiger partial charge in [-0.15, -0.1) is 0 Å². The molecule has 2 N–H and O–H groups in total. The van der Waals surface area contributed by atoms with Crippen molar-refractivity contribution in [2.75, 3.05) is 13.2 Å². The number of aromatic nitrogens is 6. The number of amides is 1. The van der Waals surface area contributed by atoms with Crippen molar-refractivity contribution >= 4 is 5.91 Å². The Kier molecular flexibility index (Phi) is 6.15. The van der Waals surface area contributed by atoms with Crippen LogP contribution in [0.25, 0.3) is 17.1 Å². The van der Waals surface area contributed by atoms with Crippen LogP contribution in [0.1, 0.15) is 28.0 Å². The maximum Gasteiger partial charge on any atom is 0.270 e. The Morgan fingerprint density at radius 3 is 2.85 bits per heavy atom. The highest BCUT2D eigenvalue weighted by Gasteiger charge is 2.26. The second-order valence-electron chi connectivity index (χ2n) is 8.31. The monoisotopic (exact) mass is 459 g/mol. The van der Waals surface area contributed by atoms with Crippen LogP contribution in [0.5, 0.6) is 0 Å². The van der Waals surface area contributed by atoms with Crippen LogP contribution >= 0.6 is 0 Å². The van der Waals surface area contributed by atoms with E-state index in [2.05, 4.69) is 25.5 Å². The molecule has 0 spiro atoms. The molecule has 4 aromatic heterocycles. The largest absolute Gasteiger partial charge is 0.389 e. The summed E-state index contributed by atoms with van der Waals surface area (Å²) in [7, 11) is 1.87. The second-order valence-corrected chi connectivity index (χ2v) is 8.31. The first-order chi connectivity index (χ1) is 16.5. The number of aryl methyl sites for hydroxylation is 1. The molecule has 34 heavy (non-hydrogen) atoms. The minimum absolute atomic E-state index is 0.207. The summed E-state index contributed by atoms with van der Waals surface area (Å²) in [6.45, 7) is 0.703. The molecule has 0 bridgehead atoms. The van der Waals surface area contributed by atoms with E-state index in [0.717, 1.165) is 22.4 Å². The van der Waals surface area contributed by atoms with Crippen LogP contribution < -0.4 is 5.32 Å². The van der Waals surface area contributed by atoms with Gasteiger partial charge in [-0.1, -0.05) is 6.07 Å². The fourth-order valence-corrected chi connectivity index (χ4v) is 3.93. The molecule has 10 heteroatoms. The van der Waals surface area contributed by atoms with E-state index in [9.17, 15) is 9.90 Å². The van der Waals surface area contributed by atoms with E-state index in [0.29, 0.717) is 25.3 Å². The maximum absolute atomic E-state index is 13.0. The minimum atomic E-state index is -0.740. The Morgan fingerprint density at radius 1 is 1.24 bits per heavy atom. The van der Waals surface area contributed by atoms with Crippen LogP contribution in [-0.4, -0.2) is 65.9 Å². The highest BCUT2D eigenvalue weighted by molar-refractivity contribution is 5.93. The third kappa shape index (κ3) is 4.87. The van der Waals surface area contributed by atoms with Crippen LogP contribution in [0.15, 0.2) is 61.3 Å². The molecule has 1 fully saturated rings. The predicted octanol–water partition coefficient (Wildman–Crippen LogP) is 1.53. The number of hydrogen-bond donors (Lipinski definition) is 2. The van der Waals surface area contributed by atoms with Gasteiger partial charge in [0.1, 0.15) is 5.69 Å². The number of rotatable bonds is 6. The van der Waals surface area contributed by atoms with Crippen molar-refractivity contribution < 1.29 is 14.6 Å². The molecule has 0 aliphatic carbocycles. The zero-order valence-corrected chi connectivity index (χ0v) is 18.7. The molecule has 4 aromatic rings. The van der Waals surface area contributed by atoms with Gasteiger partial charge in [-0.2, -0.15) is 10.2 Å². The van der Waals surface area contributed by atoms with Crippen molar-refractivity contribution in [3.63, 3.8) is 0 Å². The van der Waals surface area contributed by atoms with Gasteiger partial charge in [0.2, 0.25) is 0 Å². The second kappa shape index (κ2) is 9.54. The number of hydrogen-bond acceptors (Lipinski definition) is 7. The van der Waals surface area contributed by atoms with Crippen LogP contribution in [-0.2, 0) is 18.2 Å². The lowest BCUT2D eigenvalue weighted by Crippen LogP contribution is -2.48. The molecule has 1 amide bonds. The van der Waals surface area contributed by atoms with Gasteiger partial charge in [-0.25, -0.2) is 9.67 Å². The molecule has 2 atom stereocenters. The van der Waals surface area contributed by atoms with Gasteiger partial charge in [0, 0.05) is 44.0 Å². The number of pyridine rings is 2. The molecular weight excluding hydrogens is 434 g/mol. The van der Waals surface area contributed by atoms with Crippen LogP contribution in [0.2, 0.25) is 0 Å². The van der Waals surface area contributed by atoms with Crippen LogP contribution in [0.4, 0.5) is 0 Å². The van der Waals surface area contributed by atoms with Crippen LogP contribution in [0, 0.1) is 0 Å². The van der Waals surface area contributed by atoms with Gasteiger partial charge < -0.3 is 15.2 Å². The van der Waals surface area contributed by atoms with E-state index in [1.54, 1.807) is 40.1 Å². The molecule has 174 valence electrons. The zero-order chi connectivity index (χ0) is 23.5. The first-order valence-electron chi connectivity index (χ1n) is 11.1. The van der Waals surface area contributed by atoms with Crippen molar-refractivity contribution in [3.05, 3.63) is 78.1 Å². The summed E-state index contributed by atoms with van der Waals surface area (Å²) in [5.74, 6) is 0.200. The Morgan fingerprint density at radius 2 is 2.15 bits per heavy atom. The first kappa shape index (κ1) is 21.9. The van der Waals surface area contributed by atoms with Gasteiger partial charge in [-0.3, -0.25) is 14.5 Å². The molecule has 0 aromatic carbocycles. The summed E-state index contributed by atoms with van der Waals surface area (Å²) in [6.07, 6.45) is 9.34. The minimum Gasteiger partial charge on any atom is -0.389 e. The average Bonchev–Trinajstić information content (AvgIpc) is 3.53. The zero-order valence-electron chi connectivity index (χ0n) is 18.7. The van der Waals surface area contributed by atoms with Gasteiger partial charge in [0.05, 0.1) is 30.6 Å². The topological polar surface area (TPSA) is 120 Å². The summed E-state index contributed by atoms with van der Waals surface area (Å²) in [5.41, 5.74) is 3.96. The number of ether oxygens (including phenoxy) is 1. The Bertz CT molecular complexity index is 1270. The molecule has 0 saturated carbocycles. The fraction of sp³-hybridized carbons (Fsp3) is 0.292. The molecule has 1 saturated heterocycles. The van der Waals surface area contributed by atoms with Crippen LogP contribution in [0.3, 0.4) is 0 Å². The number of aliphatic hydroxyl groups is 1. The van der Waals surface area contributed by atoms with E-state index in [-0.39, 0.29) is 24.2 Å². The highest BCUT2D eigenvalue weighted by Crippen LogP contribution is 2.19. The smallest absolute Gasteiger partial charge is 0.270 e. The predicted molar refractivity (Wildman–Crippen MR) is 123 cm³/mol. The van der Waals surface area contributed by atoms with Gasteiger partial charge in [-0.05, 0) is 48.2 Å². The number of carbonyl (C=O) groups excluding carboxylic acids is 1.